The minimum Gasteiger partial charge on any atom is -0.393 e. The fraction of sp³-hybridized carbons (Fsp3) is 1.00. The largest absolute Gasteiger partial charge is 0.417 e. The summed E-state index contributed by atoms with van der Waals surface area (Å²) in [7, 11) is 0. The Balaban J connectivity index is 1.55. The minimum absolute atomic E-state index is 0.0202. The van der Waals surface area contributed by atoms with Gasteiger partial charge in [-0.15, -0.1) is 0 Å². The van der Waals surface area contributed by atoms with Crippen molar-refractivity contribution in [2.75, 3.05) is 0 Å². The SMILES string of the molecule is CC(O)C[C@@H]1CCC2C3CCC4C[C@](O)(C(F)(F)F)CCC4(C)C3CCC21C. The van der Waals surface area contributed by atoms with Crippen molar-refractivity contribution < 1.29 is 23.4 Å². The van der Waals surface area contributed by atoms with Crippen molar-refractivity contribution in [2.24, 2.45) is 40.4 Å². The molecule has 2 nitrogen and oxygen atoms in total. The van der Waals surface area contributed by atoms with Gasteiger partial charge in [0, 0.05) is 0 Å². The van der Waals surface area contributed by atoms with Gasteiger partial charge in [0.2, 0.25) is 0 Å². The standard InChI is InChI=1S/C23H37F3O2/c1-14(27)12-15-5-7-18-17-6-4-16-13-22(28,23(24,25)26)11-10-21(16,3)19(17)8-9-20(15,18)2/h14-19,27-28H,4-13H2,1-3H3/t14?,15-,16?,17?,18?,19?,20?,21?,22-/m0/s1. The number of fused-ring (bicyclic) bond motifs is 5. The number of alkyl halides is 3. The van der Waals surface area contributed by atoms with Crippen molar-refractivity contribution in [3.05, 3.63) is 0 Å². The second-order valence-electron chi connectivity index (χ2n) is 11.3. The number of aliphatic hydroxyl groups excluding tert-OH is 1. The van der Waals surface area contributed by atoms with Crippen LogP contribution < -0.4 is 0 Å². The fourth-order valence-corrected chi connectivity index (χ4v) is 8.41. The quantitative estimate of drug-likeness (QED) is 0.621. The minimum atomic E-state index is -4.52. The summed E-state index contributed by atoms with van der Waals surface area (Å²) in [5, 5.41) is 20.3. The zero-order chi connectivity index (χ0) is 20.5. The molecule has 7 unspecified atom stereocenters. The van der Waals surface area contributed by atoms with Crippen molar-refractivity contribution in [2.45, 2.75) is 103 Å². The number of halogens is 3. The fourth-order valence-electron chi connectivity index (χ4n) is 8.41. The molecule has 0 saturated heterocycles. The third kappa shape index (κ3) is 2.97. The maximum atomic E-state index is 13.4. The molecule has 0 radical (unpaired) electrons. The predicted molar refractivity (Wildman–Crippen MR) is 103 cm³/mol. The molecule has 0 heterocycles. The normalized spacial score (nSPS) is 52.5. The topological polar surface area (TPSA) is 40.5 Å². The monoisotopic (exact) mass is 402 g/mol. The van der Waals surface area contributed by atoms with E-state index in [9.17, 15) is 23.4 Å². The predicted octanol–water partition coefficient (Wildman–Crippen LogP) is 5.71. The zero-order valence-corrected chi connectivity index (χ0v) is 17.6. The average molecular weight is 403 g/mol. The Kier molecular flexibility index (Phi) is 4.94. The van der Waals surface area contributed by atoms with E-state index in [4.69, 9.17) is 0 Å². The number of hydrogen-bond acceptors (Lipinski definition) is 2. The third-order valence-electron chi connectivity index (χ3n) is 10.1. The molecule has 28 heavy (non-hydrogen) atoms. The summed E-state index contributed by atoms with van der Waals surface area (Å²) in [6, 6.07) is 0. The van der Waals surface area contributed by atoms with Crippen LogP contribution in [0.25, 0.3) is 0 Å². The maximum absolute atomic E-state index is 13.4. The summed E-state index contributed by atoms with van der Waals surface area (Å²) in [5.41, 5.74) is -2.27. The first-order chi connectivity index (χ1) is 12.9. The second-order valence-corrected chi connectivity index (χ2v) is 11.3. The van der Waals surface area contributed by atoms with E-state index in [0.717, 1.165) is 32.1 Å². The summed E-state index contributed by atoms with van der Waals surface area (Å²) in [6.45, 7) is 6.54. The molecular formula is C23H37F3O2. The summed E-state index contributed by atoms with van der Waals surface area (Å²) in [5.74, 6) is 2.30. The molecule has 0 spiro atoms. The Bertz CT molecular complexity index is 605. The Morgan fingerprint density at radius 1 is 0.929 bits per heavy atom. The Hall–Kier alpha value is -0.290. The Morgan fingerprint density at radius 3 is 2.25 bits per heavy atom. The zero-order valence-electron chi connectivity index (χ0n) is 17.6. The van der Waals surface area contributed by atoms with E-state index in [0.29, 0.717) is 30.1 Å². The highest BCUT2D eigenvalue weighted by molar-refractivity contribution is 5.11. The van der Waals surface area contributed by atoms with Crippen LogP contribution in [0.4, 0.5) is 13.2 Å². The molecule has 4 aliphatic rings. The highest BCUT2D eigenvalue weighted by Crippen LogP contribution is 2.69. The molecule has 0 aromatic heterocycles. The Labute approximate surface area is 167 Å². The lowest BCUT2D eigenvalue weighted by atomic mass is 9.43. The van der Waals surface area contributed by atoms with E-state index in [-0.39, 0.29) is 35.7 Å². The lowest BCUT2D eigenvalue weighted by molar-refractivity contribution is -0.290. The number of aliphatic hydroxyl groups is 2. The lowest BCUT2D eigenvalue weighted by Crippen LogP contribution is -2.59. The molecule has 0 amide bonds. The van der Waals surface area contributed by atoms with Crippen molar-refractivity contribution in [3.8, 4) is 0 Å². The summed E-state index contributed by atoms with van der Waals surface area (Å²) in [4.78, 5) is 0. The van der Waals surface area contributed by atoms with Crippen LogP contribution >= 0.6 is 0 Å². The molecule has 9 atom stereocenters. The van der Waals surface area contributed by atoms with Gasteiger partial charge in [0.15, 0.2) is 5.60 Å². The van der Waals surface area contributed by atoms with E-state index < -0.39 is 11.8 Å². The molecule has 162 valence electrons. The Morgan fingerprint density at radius 2 is 1.61 bits per heavy atom. The molecule has 4 fully saturated rings. The van der Waals surface area contributed by atoms with Gasteiger partial charge in [-0.25, -0.2) is 0 Å². The van der Waals surface area contributed by atoms with Crippen LogP contribution in [0.1, 0.15) is 85.0 Å². The van der Waals surface area contributed by atoms with Crippen LogP contribution in [0, 0.1) is 40.4 Å². The van der Waals surface area contributed by atoms with E-state index in [1.807, 2.05) is 6.92 Å². The summed E-state index contributed by atoms with van der Waals surface area (Å²) in [6.07, 6.45) is 2.82. The van der Waals surface area contributed by atoms with Crippen LogP contribution in [-0.2, 0) is 0 Å². The molecule has 0 aliphatic heterocycles. The molecule has 2 N–H and O–H groups in total. The van der Waals surface area contributed by atoms with Gasteiger partial charge in [-0.2, -0.15) is 13.2 Å². The highest BCUT2D eigenvalue weighted by Gasteiger charge is 2.64. The van der Waals surface area contributed by atoms with Crippen molar-refractivity contribution in [1.29, 1.82) is 0 Å². The highest BCUT2D eigenvalue weighted by atomic mass is 19.4. The van der Waals surface area contributed by atoms with Gasteiger partial charge in [-0.3, -0.25) is 0 Å². The van der Waals surface area contributed by atoms with Gasteiger partial charge in [0.05, 0.1) is 6.10 Å². The van der Waals surface area contributed by atoms with Gasteiger partial charge in [-0.1, -0.05) is 13.8 Å². The van der Waals surface area contributed by atoms with Gasteiger partial charge < -0.3 is 10.2 Å². The molecule has 5 heteroatoms. The van der Waals surface area contributed by atoms with E-state index in [1.165, 1.54) is 12.8 Å². The molecule has 4 aliphatic carbocycles. The van der Waals surface area contributed by atoms with E-state index in [1.54, 1.807) is 0 Å². The van der Waals surface area contributed by atoms with Gasteiger partial charge in [-0.05, 0) is 112 Å². The van der Waals surface area contributed by atoms with Crippen LogP contribution in [0.15, 0.2) is 0 Å². The molecule has 4 rings (SSSR count). The van der Waals surface area contributed by atoms with Crippen LogP contribution in [-0.4, -0.2) is 28.1 Å². The third-order valence-corrected chi connectivity index (χ3v) is 10.1. The van der Waals surface area contributed by atoms with Gasteiger partial charge in [0.1, 0.15) is 0 Å². The van der Waals surface area contributed by atoms with Crippen LogP contribution in [0.2, 0.25) is 0 Å². The summed E-state index contributed by atoms with van der Waals surface area (Å²) < 4.78 is 40.3. The van der Waals surface area contributed by atoms with E-state index in [2.05, 4.69) is 13.8 Å². The van der Waals surface area contributed by atoms with Crippen molar-refractivity contribution >= 4 is 0 Å². The first kappa shape index (κ1) is 21.0. The van der Waals surface area contributed by atoms with Crippen molar-refractivity contribution in [3.63, 3.8) is 0 Å². The number of hydrogen-bond donors (Lipinski definition) is 2. The first-order valence-corrected chi connectivity index (χ1v) is 11.4. The molecule has 0 bridgehead atoms. The molecule has 4 saturated carbocycles. The van der Waals surface area contributed by atoms with Gasteiger partial charge >= 0.3 is 6.18 Å². The molecule has 0 aromatic rings. The molecule has 0 aromatic carbocycles. The van der Waals surface area contributed by atoms with Crippen LogP contribution in [0.3, 0.4) is 0 Å². The lowest BCUT2D eigenvalue weighted by Gasteiger charge is -2.62. The first-order valence-electron chi connectivity index (χ1n) is 11.4. The molecular weight excluding hydrogens is 365 g/mol. The second kappa shape index (κ2) is 6.60. The van der Waals surface area contributed by atoms with E-state index >= 15 is 0 Å². The van der Waals surface area contributed by atoms with Crippen molar-refractivity contribution in [1.82, 2.24) is 0 Å². The average Bonchev–Trinajstić information content (AvgIpc) is 2.91. The number of rotatable bonds is 2. The maximum Gasteiger partial charge on any atom is 0.417 e. The van der Waals surface area contributed by atoms with Crippen LogP contribution in [0.5, 0.6) is 0 Å². The van der Waals surface area contributed by atoms with Gasteiger partial charge in [0.25, 0.3) is 0 Å². The summed E-state index contributed by atoms with van der Waals surface area (Å²) >= 11 is 0. The smallest absolute Gasteiger partial charge is 0.393 e.